The van der Waals surface area contributed by atoms with Gasteiger partial charge in [-0.2, -0.15) is 0 Å². The number of hydrogen-bond acceptors (Lipinski definition) is 4. The minimum Gasteiger partial charge on any atom is -0.384 e. The van der Waals surface area contributed by atoms with Crippen LogP contribution in [0.25, 0.3) is 0 Å². The van der Waals surface area contributed by atoms with Gasteiger partial charge in [-0.15, -0.1) is 0 Å². The molecule has 0 radical (unpaired) electrons. The van der Waals surface area contributed by atoms with Gasteiger partial charge < -0.3 is 4.74 Å². The first-order valence-electron chi connectivity index (χ1n) is 4.03. The van der Waals surface area contributed by atoms with E-state index in [0.29, 0.717) is 24.4 Å². The topological polar surface area (TPSA) is 47.0 Å². The average molecular weight is 212 g/mol. The summed E-state index contributed by atoms with van der Waals surface area (Å²) in [6.07, 6.45) is 3.67. The first-order chi connectivity index (χ1) is 6.88. The van der Waals surface area contributed by atoms with Crippen molar-refractivity contribution in [1.82, 2.24) is 9.97 Å². The fourth-order valence-corrected chi connectivity index (χ4v) is 0.936. The van der Waals surface area contributed by atoms with Gasteiger partial charge in [-0.3, -0.25) is 4.84 Å². The largest absolute Gasteiger partial charge is 0.384 e. The molecule has 1 aromatic heterocycles. The van der Waals surface area contributed by atoms with E-state index in [-0.39, 0.29) is 0 Å². The van der Waals surface area contributed by atoms with Crippen molar-refractivity contribution in [2.75, 3.05) is 18.6 Å². The first kappa shape index (κ1) is 10.8. The van der Waals surface area contributed by atoms with Gasteiger partial charge in [0.2, 0.25) is 0 Å². The Hall–Kier alpha value is -1.31. The van der Waals surface area contributed by atoms with Gasteiger partial charge in [-0.05, 0) is 5.92 Å². The number of ether oxygens (including phenoxy) is 1. The van der Waals surface area contributed by atoms with Crippen LogP contribution in [0.1, 0.15) is 12.1 Å². The van der Waals surface area contributed by atoms with Crippen LogP contribution in [0.5, 0.6) is 0 Å². The van der Waals surface area contributed by atoms with E-state index in [1.165, 1.54) is 6.33 Å². The van der Waals surface area contributed by atoms with Gasteiger partial charge in [-0.1, -0.05) is 5.92 Å². The second kappa shape index (κ2) is 6.19. The molecule has 1 heterocycles. The minimum atomic E-state index is 0.589. The first-order valence-corrected chi connectivity index (χ1v) is 4.40. The van der Waals surface area contributed by atoms with Gasteiger partial charge in [0.1, 0.15) is 17.7 Å². The fraction of sp³-hybridized carbons (Fsp3) is 0.333. The zero-order valence-electron chi connectivity index (χ0n) is 7.75. The molecular formula is C9H10ClN3O. The highest BCUT2D eigenvalue weighted by molar-refractivity contribution is 6.24. The molecule has 0 aliphatic carbocycles. The van der Waals surface area contributed by atoms with E-state index in [9.17, 15) is 0 Å². The molecule has 1 N–H and O–H groups in total. The Labute approximate surface area is 87.8 Å². The molecule has 74 valence electrons. The highest BCUT2D eigenvalue weighted by atomic mass is 35.5. The van der Waals surface area contributed by atoms with E-state index in [4.69, 9.17) is 16.5 Å². The molecule has 0 fully saturated rings. The van der Waals surface area contributed by atoms with E-state index in [1.54, 1.807) is 13.3 Å². The number of hydrogen-bond donors (Lipinski definition) is 1. The molecule has 0 atom stereocenters. The lowest BCUT2D eigenvalue weighted by Crippen LogP contribution is -1.92. The Morgan fingerprint density at radius 1 is 1.64 bits per heavy atom. The van der Waals surface area contributed by atoms with Crippen molar-refractivity contribution < 1.29 is 4.74 Å². The van der Waals surface area contributed by atoms with Gasteiger partial charge in [0.15, 0.2) is 0 Å². The van der Waals surface area contributed by atoms with Crippen LogP contribution >= 0.6 is 11.8 Å². The van der Waals surface area contributed by atoms with E-state index in [2.05, 4.69) is 26.6 Å². The molecule has 0 aromatic carbocycles. The molecular weight excluding hydrogens is 202 g/mol. The van der Waals surface area contributed by atoms with Crippen molar-refractivity contribution in [2.24, 2.45) is 0 Å². The predicted molar refractivity (Wildman–Crippen MR) is 54.9 cm³/mol. The van der Waals surface area contributed by atoms with Crippen LogP contribution < -0.4 is 4.84 Å². The quantitative estimate of drug-likeness (QED) is 0.467. The molecule has 1 aromatic rings. The van der Waals surface area contributed by atoms with Gasteiger partial charge in [0.25, 0.3) is 0 Å². The molecule has 0 unspecified atom stereocenters. The molecule has 0 saturated carbocycles. The molecule has 0 aliphatic heterocycles. The number of nitrogens with one attached hydrogen (secondary N) is 1. The highest BCUT2D eigenvalue weighted by Gasteiger charge is 1.97. The van der Waals surface area contributed by atoms with Crippen molar-refractivity contribution >= 4 is 17.5 Å². The summed E-state index contributed by atoms with van der Waals surface area (Å²) in [7, 11) is 1.64. The Morgan fingerprint density at radius 2 is 2.50 bits per heavy atom. The number of aromatic nitrogens is 2. The number of halogens is 1. The van der Waals surface area contributed by atoms with Crippen LogP contribution in [0.3, 0.4) is 0 Å². The van der Waals surface area contributed by atoms with Gasteiger partial charge >= 0.3 is 0 Å². The van der Waals surface area contributed by atoms with Crippen molar-refractivity contribution in [1.29, 1.82) is 0 Å². The zero-order valence-corrected chi connectivity index (χ0v) is 8.51. The Morgan fingerprint density at radius 3 is 3.21 bits per heavy atom. The number of anilines is 1. The molecule has 0 saturated heterocycles. The third-order valence-electron chi connectivity index (χ3n) is 1.45. The van der Waals surface area contributed by atoms with Crippen molar-refractivity contribution in [3.8, 4) is 11.8 Å². The zero-order chi connectivity index (χ0) is 10.2. The second-order valence-corrected chi connectivity index (χ2v) is 2.61. The summed E-state index contributed by atoms with van der Waals surface area (Å²) in [4.78, 5) is 10.2. The maximum absolute atomic E-state index is 5.45. The smallest absolute Gasteiger partial charge is 0.140 e. The Bertz CT molecular complexity index is 345. The normalized spacial score (nSPS) is 9.00. The molecule has 0 amide bonds. The molecule has 1 rings (SSSR count). The fourth-order valence-electron chi connectivity index (χ4n) is 0.798. The van der Waals surface area contributed by atoms with E-state index in [0.717, 1.165) is 0 Å². The van der Waals surface area contributed by atoms with Crippen LogP contribution in [0.2, 0.25) is 0 Å². The Balaban J connectivity index is 2.68. The molecule has 14 heavy (non-hydrogen) atoms. The summed E-state index contributed by atoms with van der Waals surface area (Å²) in [5.74, 6) is 5.78. The van der Waals surface area contributed by atoms with Crippen molar-refractivity contribution in [2.45, 2.75) is 6.42 Å². The molecule has 0 bridgehead atoms. The predicted octanol–water partition coefficient (Wildman–Crippen LogP) is 1.43. The summed E-state index contributed by atoms with van der Waals surface area (Å²) < 4.78 is 4.86. The lowest BCUT2D eigenvalue weighted by Gasteiger charge is -1.97. The van der Waals surface area contributed by atoms with Crippen LogP contribution in [0, 0.1) is 11.8 Å². The second-order valence-electron chi connectivity index (χ2n) is 2.42. The van der Waals surface area contributed by atoms with Crippen molar-refractivity contribution in [3.63, 3.8) is 0 Å². The van der Waals surface area contributed by atoms with Crippen LogP contribution in [0.4, 0.5) is 5.69 Å². The summed E-state index contributed by atoms with van der Waals surface area (Å²) in [5, 5.41) is 0. The summed E-state index contributed by atoms with van der Waals surface area (Å²) in [6.45, 7) is 0.613. The maximum Gasteiger partial charge on any atom is 0.140 e. The minimum absolute atomic E-state index is 0.589. The maximum atomic E-state index is 5.45. The summed E-state index contributed by atoms with van der Waals surface area (Å²) >= 11 is 5.45. The molecule has 5 heteroatoms. The number of nitrogens with zero attached hydrogens (tertiary/aromatic N) is 2. The summed E-state index contributed by atoms with van der Waals surface area (Å²) in [5.41, 5.74) is 1.20. The van der Waals surface area contributed by atoms with E-state index in [1.807, 2.05) is 0 Å². The third-order valence-corrected chi connectivity index (χ3v) is 1.66. The third kappa shape index (κ3) is 3.21. The highest BCUT2D eigenvalue weighted by Crippen LogP contribution is 2.09. The molecule has 0 spiro atoms. The monoisotopic (exact) mass is 211 g/mol. The lowest BCUT2D eigenvalue weighted by atomic mass is 10.3. The van der Waals surface area contributed by atoms with Crippen LogP contribution in [-0.4, -0.2) is 23.7 Å². The van der Waals surface area contributed by atoms with Gasteiger partial charge in [-0.25, -0.2) is 9.97 Å². The molecule has 0 aliphatic rings. The summed E-state index contributed by atoms with van der Waals surface area (Å²) in [6, 6.07) is 0. The van der Waals surface area contributed by atoms with E-state index >= 15 is 0 Å². The van der Waals surface area contributed by atoms with E-state index < -0.39 is 0 Å². The lowest BCUT2D eigenvalue weighted by molar-refractivity contribution is 0.206. The molecule has 4 nitrogen and oxygen atoms in total. The van der Waals surface area contributed by atoms with Crippen LogP contribution in [-0.2, 0) is 4.74 Å². The SMILES string of the molecule is COCCC#Cc1ncncc1NCl. The standard InChI is InChI=1S/C9H10ClN3O/c1-14-5-3-2-4-8-9(13-10)6-11-7-12-8/h6-7,13H,3,5H2,1H3. The van der Waals surface area contributed by atoms with Gasteiger partial charge in [0, 0.05) is 25.3 Å². The average Bonchev–Trinajstić information content (AvgIpc) is 2.25. The van der Waals surface area contributed by atoms with Crippen molar-refractivity contribution in [3.05, 3.63) is 18.2 Å². The number of rotatable bonds is 3. The van der Waals surface area contributed by atoms with Crippen LogP contribution in [0.15, 0.2) is 12.5 Å². The Kier molecular flexibility index (Phi) is 4.76. The van der Waals surface area contributed by atoms with Gasteiger partial charge in [0.05, 0.1) is 12.8 Å². The number of methoxy groups -OCH3 is 1.